The van der Waals surface area contributed by atoms with Crippen LogP contribution in [-0.2, 0) is 4.74 Å². The van der Waals surface area contributed by atoms with E-state index < -0.39 is 0 Å². The van der Waals surface area contributed by atoms with Gasteiger partial charge in [-0.15, -0.1) is 0 Å². The van der Waals surface area contributed by atoms with Gasteiger partial charge in [-0.2, -0.15) is 0 Å². The number of nitrogens with zero attached hydrogens (tertiary/aromatic N) is 2. The molecule has 3 rings (SSSR count). The fourth-order valence-electron chi connectivity index (χ4n) is 3.75. The number of rotatable bonds is 3. The number of hydrogen-bond acceptors (Lipinski definition) is 4. The quantitative estimate of drug-likeness (QED) is 0.798. The normalized spacial score (nSPS) is 40.0. The molecular weight excluding hydrogens is 228 g/mol. The maximum absolute atomic E-state index is 10.3. The predicted octanol–water partition coefficient (Wildman–Crippen LogP) is 0.552. The van der Waals surface area contributed by atoms with Crippen LogP contribution in [0.3, 0.4) is 0 Å². The van der Waals surface area contributed by atoms with E-state index in [1.54, 1.807) is 0 Å². The molecule has 4 heteroatoms. The molecule has 3 fully saturated rings. The number of β-amino-alcohol motifs (C(OH)–C–C–N with tert-alkyl or cyclic N) is 1. The average molecular weight is 254 g/mol. The highest BCUT2D eigenvalue weighted by Gasteiger charge is 2.36. The summed E-state index contributed by atoms with van der Waals surface area (Å²) >= 11 is 0. The third-order valence-corrected chi connectivity index (χ3v) is 5.00. The zero-order chi connectivity index (χ0) is 12.5. The van der Waals surface area contributed by atoms with Crippen LogP contribution in [0.4, 0.5) is 0 Å². The van der Waals surface area contributed by atoms with Crippen LogP contribution >= 0.6 is 0 Å². The molecule has 4 atom stereocenters. The van der Waals surface area contributed by atoms with Gasteiger partial charge in [-0.05, 0) is 32.7 Å². The summed E-state index contributed by atoms with van der Waals surface area (Å²) in [6.07, 6.45) is 3.51. The van der Waals surface area contributed by atoms with Gasteiger partial charge in [0.1, 0.15) is 0 Å². The molecule has 3 saturated heterocycles. The highest BCUT2D eigenvalue weighted by molar-refractivity contribution is 4.91. The fraction of sp³-hybridized carbons (Fsp3) is 1.00. The third kappa shape index (κ3) is 2.57. The summed E-state index contributed by atoms with van der Waals surface area (Å²) in [5.41, 5.74) is 0. The lowest BCUT2D eigenvalue weighted by Gasteiger charge is -2.43. The predicted molar refractivity (Wildman–Crippen MR) is 70.6 cm³/mol. The van der Waals surface area contributed by atoms with Gasteiger partial charge in [0.15, 0.2) is 0 Å². The molecule has 0 aromatic rings. The van der Waals surface area contributed by atoms with Crippen molar-refractivity contribution in [1.82, 2.24) is 9.80 Å². The molecular formula is C14H26N2O2. The van der Waals surface area contributed by atoms with Crippen LogP contribution in [0.5, 0.6) is 0 Å². The Labute approximate surface area is 110 Å². The topological polar surface area (TPSA) is 35.9 Å². The van der Waals surface area contributed by atoms with E-state index in [-0.39, 0.29) is 6.10 Å². The number of piperazine rings is 1. The Bertz CT molecular complexity index is 281. The molecule has 0 aromatic carbocycles. The van der Waals surface area contributed by atoms with Gasteiger partial charge in [-0.3, -0.25) is 9.80 Å². The molecule has 4 nitrogen and oxygen atoms in total. The van der Waals surface area contributed by atoms with E-state index in [0.717, 1.165) is 38.8 Å². The smallest absolute Gasteiger partial charge is 0.0718 e. The van der Waals surface area contributed by atoms with Crippen LogP contribution < -0.4 is 0 Å². The minimum atomic E-state index is -0.206. The van der Waals surface area contributed by atoms with Gasteiger partial charge in [-0.1, -0.05) is 0 Å². The SMILES string of the molecule is CC1CN2CCCC2CN1CC(O)C1CCOC1. The average Bonchev–Trinajstić information content (AvgIpc) is 2.98. The Morgan fingerprint density at radius 2 is 2.22 bits per heavy atom. The largest absolute Gasteiger partial charge is 0.391 e. The Balaban J connectivity index is 1.54. The zero-order valence-corrected chi connectivity index (χ0v) is 11.4. The van der Waals surface area contributed by atoms with Gasteiger partial charge < -0.3 is 9.84 Å². The Hall–Kier alpha value is -0.160. The maximum Gasteiger partial charge on any atom is 0.0718 e. The summed E-state index contributed by atoms with van der Waals surface area (Å²) < 4.78 is 5.38. The summed E-state index contributed by atoms with van der Waals surface area (Å²) in [5.74, 6) is 0.360. The molecule has 0 spiro atoms. The van der Waals surface area contributed by atoms with Crippen LogP contribution in [0.25, 0.3) is 0 Å². The number of ether oxygens (including phenoxy) is 1. The summed E-state index contributed by atoms with van der Waals surface area (Å²) in [7, 11) is 0. The van der Waals surface area contributed by atoms with Gasteiger partial charge in [0.05, 0.1) is 12.7 Å². The van der Waals surface area contributed by atoms with Crippen LogP contribution in [-0.4, -0.2) is 72.5 Å². The monoisotopic (exact) mass is 254 g/mol. The molecule has 3 heterocycles. The number of hydrogen-bond donors (Lipinski definition) is 1. The lowest BCUT2D eigenvalue weighted by atomic mass is 9.99. The molecule has 0 bridgehead atoms. The van der Waals surface area contributed by atoms with Crippen molar-refractivity contribution in [3.63, 3.8) is 0 Å². The van der Waals surface area contributed by atoms with Crippen molar-refractivity contribution in [3.05, 3.63) is 0 Å². The molecule has 0 radical (unpaired) electrons. The first-order chi connectivity index (χ1) is 8.74. The lowest BCUT2D eigenvalue weighted by molar-refractivity contribution is 0.00238. The van der Waals surface area contributed by atoms with Crippen molar-refractivity contribution in [2.75, 3.05) is 39.4 Å². The Kier molecular flexibility index (Phi) is 3.89. The zero-order valence-electron chi connectivity index (χ0n) is 11.4. The summed E-state index contributed by atoms with van der Waals surface area (Å²) in [6, 6.07) is 1.32. The van der Waals surface area contributed by atoms with Gasteiger partial charge in [0.25, 0.3) is 0 Å². The van der Waals surface area contributed by atoms with Crippen molar-refractivity contribution in [1.29, 1.82) is 0 Å². The van der Waals surface area contributed by atoms with E-state index >= 15 is 0 Å². The molecule has 0 aliphatic carbocycles. The Morgan fingerprint density at radius 3 is 3.00 bits per heavy atom. The van der Waals surface area contributed by atoms with Crippen LogP contribution in [0.15, 0.2) is 0 Å². The second kappa shape index (κ2) is 5.45. The molecule has 3 aliphatic heterocycles. The highest BCUT2D eigenvalue weighted by Crippen LogP contribution is 2.26. The minimum Gasteiger partial charge on any atom is -0.391 e. The van der Waals surface area contributed by atoms with Crippen LogP contribution in [0.2, 0.25) is 0 Å². The molecule has 104 valence electrons. The van der Waals surface area contributed by atoms with Gasteiger partial charge in [-0.25, -0.2) is 0 Å². The van der Waals surface area contributed by atoms with E-state index in [1.807, 2.05) is 0 Å². The maximum atomic E-state index is 10.3. The lowest BCUT2D eigenvalue weighted by Crippen LogP contribution is -2.56. The molecule has 18 heavy (non-hydrogen) atoms. The molecule has 4 unspecified atom stereocenters. The summed E-state index contributed by atoms with van der Waals surface area (Å²) in [6.45, 7) is 8.31. The van der Waals surface area contributed by atoms with Crippen molar-refractivity contribution >= 4 is 0 Å². The van der Waals surface area contributed by atoms with Crippen molar-refractivity contribution in [3.8, 4) is 0 Å². The van der Waals surface area contributed by atoms with Gasteiger partial charge >= 0.3 is 0 Å². The first-order valence-electron chi connectivity index (χ1n) is 7.48. The van der Waals surface area contributed by atoms with E-state index in [4.69, 9.17) is 4.74 Å². The fourth-order valence-corrected chi connectivity index (χ4v) is 3.75. The number of fused-ring (bicyclic) bond motifs is 1. The highest BCUT2D eigenvalue weighted by atomic mass is 16.5. The van der Waals surface area contributed by atoms with E-state index in [9.17, 15) is 5.11 Å². The first kappa shape index (κ1) is 12.9. The van der Waals surface area contributed by atoms with Crippen molar-refractivity contribution in [2.24, 2.45) is 5.92 Å². The number of aliphatic hydroxyl groups excluding tert-OH is 1. The third-order valence-electron chi connectivity index (χ3n) is 5.00. The molecule has 3 aliphatic rings. The van der Waals surface area contributed by atoms with Crippen LogP contribution in [0, 0.1) is 5.92 Å². The van der Waals surface area contributed by atoms with Gasteiger partial charge in [0, 0.05) is 44.2 Å². The summed E-state index contributed by atoms with van der Waals surface area (Å²) in [5, 5.41) is 10.3. The second-order valence-corrected chi connectivity index (χ2v) is 6.28. The van der Waals surface area contributed by atoms with Gasteiger partial charge in [0.2, 0.25) is 0 Å². The molecule has 0 aromatic heterocycles. The first-order valence-corrected chi connectivity index (χ1v) is 7.48. The van der Waals surface area contributed by atoms with Crippen molar-refractivity contribution < 1.29 is 9.84 Å². The van der Waals surface area contributed by atoms with E-state index in [2.05, 4.69) is 16.7 Å². The second-order valence-electron chi connectivity index (χ2n) is 6.28. The number of aliphatic hydroxyl groups is 1. The standard InChI is InChI=1S/C14H26N2O2/c1-11-7-15-5-2-3-13(15)8-16(11)9-14(17)12-4-6-18-10-12/h11-14,17H,2-10H2,1H3. The van der Waals surface area contributed by atoms with Crippen molar-refractivity contribution in [2.45, 2.75) is 44.4 Å². The molecule has 0 amide bonds. The molecule has 1 N–H and O–H groups in total. The van der Waals surface area contributed by atoms with E-state index in [0.29, 0.717) is 12.0 Å². The Morgan fingerprint density at radius 1 is 1.33 bits per heavy atom. The molecule has 0 saturated carbocycles. The summed E-state index contributed by atoms with van der Waals surface area (Å²) in [4.78, 5) is 5.13. The van der Waals surface area contributed by atoms with Crippen LogP contribution in [0.1, 0.15) is 26.2 Å². The van der Waals surface area contributed by atoms with E-state index in [1.165, 1.54) is 25.9 Å². The minimum absolute atomic E-state index is 0.206.